The van der Waals surface area contributed by atoms with Gasteiger partial charge in [0.15, 0.2) is 10.6 Å². The number of hydrogen-bond donors (Lipinski definition) is 0. The highest BCUT2D eigenvalue weighted by atomic mass is 35.5. The van der Waals surface area contributed by atoms with Crippen molar-refractivity contribution in [2.24, 2.45) is 0 Å². The molecule has 0 saturated heterocycles. The van der Waals surface area contributed by atoms with Crippen molar-refractivity contribution in [3.63, 3.8) is 0 Å². The zero-order valence-electron chi connectivity index (χ0n) is 14.0. The van der Waals surface area contributed by atoms with E-state index in [2.05, 4.69) is 0 Å². The Morgan fingerprint density at radius 1 is 0.433 bits per heavy atom. The van der Waals surface area contributed by atoms with Crippen molar-refractivity contribution in [3.05, 3.63) is 80.6 Å². The van der Waals surface area contributed by atoms with E-state index in [1.165, 1.54) is 12.1 Å². The van der Waals surface area contributed by atoms with E-state index in [1.54, 1.807) is 18.2 Å². The third-order valence-corrected chi connectivity index (χ3v) is 12.3. The van der Waals surface area contributed by atoms with Gasteiger partial charge in [0.25, 0.3) is 0 Å². The maximum Gasteiger partial charge on any atom is 0.305 e. The summed E-state index contributed by atoms with van der Waals surface area (Å²) in [5.41, 5.74) is 0. The van der Waals surface area contributed by atoms with Gasteiger partial charge in [-0.15, -0.1) is 0 Å². The van der Waals surface area contributed by atoms with Crippen LogP contribution in [-0.2, 0) is 0 Å². The standard InChI is InChI=1S/C18H5Cl10FP/c19-7-9(21)13(25)17(14(26)10(7)22)30(29,6-4-2-1-3-5-6)18-15(27)11(23)8(20)12(24)16(18)28/h1-5H/q+1. The van der Waals surface area contributed by atoms with Crippen molar-refractivity contribution in [3.8, 4) is 0 Å². The minimum absolute atomic E-state index is 0.124. The van der Waals surface area contributed by atoms with Gasteiger partial charge in [0.1, 0.15) is 25.4 Å². The van der Waals surface area contributed by atoms with Crippen LogP contribution < -0.4 is 15.9 Å². The van der Waals surface area contributed by atoms with Gasteiger partial charge in [-0.3, -0.25) is 0 Å². The molecule has 0 aliphatic carbocycles. The van der Waals surface area contributed by atoms with Gasteiger partial charge >= 0.3 is 7.57 Å². The van der Waals surface area contributed by atoms with E-state index in [1.807, 2.05) is 0 Å². The molecule has 30 heavy (non-hydrogen) atoms. The van der Waals surface area contributed by atoms with Gasteiger partial charge in [0, 0.05) is 0 Å². The summed E-state index contributed by atoms with van der Waals surface area (Å²) in [6.07, 6.45) is 0. The minimum Gasteiger partial charge on any atom is -0.0810 e. The average Bonchev–Trinajstić information content (AvgIpc) is 2.74. The molecule has 0 radical (unpaired) electrons. The van der Waals surface area contributed by atoms with Gasteiger partial charge in [-0.05, 0) is 16.3 Å². The molecule has 0 fully saturated rings. The Morgan fingerprint density at radius 3 is 1.00 bits per heavy atom. The Hall–Kier alpha value is 0.920. The molecule has 3 rings (SSSR count). The zero-order chi connectivity index (χ0) is 22.5. The molecule has 0 nitrogen and oxygen atoms in total. The van der Waals surface area contributed by atoms with Crippen LogP contribution in [0.1, 0.15) is 0 Å². The van der Waals surface area contributed by atoms with Crippen molar-refractivity contribution in [2.45, 2.75) is 0 Å². The molecule has 0 heterocycles. The summed E-state index contributed by atoms with van der Waals surface area (Å²) < 4.78 is 17.5. The molecule has 0 unspecified atom stereocenters. The van der Waals surface area contributed by atoms with Gasteiger partial charge < -0.3 is 0 Å². The fourth-order valence-corrected chi connectivity index (χ4v) is 9.52. The molecule has 0 atom stereocenters. The maximum atomic E-state index is 17.5. The molecule has 0 spiro atoms. The normalized spacial score (nSPS) is 11.8. The van der Waals surface area contributed by atoms with Crippen LogP contribution in [0, 0.1) is 0 Å². The van der Waals surface area contributed by atoms with Crippen molar-refractivity contribution in [1.82, 2.24) is 0 Å². The zero-order valence-corrected chi connectivity index (χ0v) is 22.4. The predicted octanol–water partition coefficient (Wildman–Crippen LogP) is 10.4. The third-order valence-electron chi connectivity index (χ3n) is 4.10. The highest BCUT2D eigenvalue weighted by Gasteiger charge is 2.56. The average molecular weight is 626 g/mol. The lowest BCUT2D eigenvalue weighted by Crippen LogP contribution is -2.31. The van der Waals surface area contributed by atoms with Crippen molar-refractivity contribution in [2.75, 3.05) is 0 Å². The molecule has 0 saturated carbocycles. The van der Waals surface area contributed by atoms with E-state index in [9.17, 15) is 0 Å². The molecule has 0 amide bonds. The first kappa shape index (κ1) is 25.5. The minimum atomic E-state index is -4.31. The molecule has 3 aromatic carbocycles. The van der Waals surface area contributed by atoms with E-state index in [0.29, 0.717) is 0 Å². The number of rotatable bonds is 3. The van der Waals surface area contributed by atoms with E-state index in [0.717, 1.165) is 0 Å². The molecule has 0 aliphatic heterocycles. The highest BCUT2D eigenvalue weighted by Crippen LogP contribution is 2.65. The molecule has 0 N–H and O–H groups in total. The second-order valence-electron chi connectivity index (χ2n) is 5.76. The summed E-state index contributed by atoms with van der Waals surface area (Å²) in [7, 11) is -4.31. The van der Waals surface area contributed by atoms with Crippen LogP contribution in [0.3, 0.4) is 0 Å². The molecule has 12 heteroatoms. The molecular formula is C18H5Cl10FP+. The fraction of sp³-hybridized carbons (Fsp3) is 0. The molecule has 158 valence electrons. The van der Waals surface area contributed by atoms with Crippen molar-refractivity contribution < 1.29 is 4.20 Å². The summed E-state index contributed by atoms with van der Waals surface area (Å²) in [6.45, 7) is 0. The van der Waals surface area contributed by atoms with Crippen LogP contribution in [-0.4, -0.2) is 0 Å². The molecule has 0 aliphatic rings. The Balaban J connectivity index is 2.60. The lowest BCUT2D eigenvalue weighted by Gasteiger charge is -2.23. The van der Waals surface area contributed by atoms with Gasteiger partial charge in [0.05, 0.1) is 30.1 Å². The Kier molecular flexibility index (Phi) is 8.22. The first-order valence-electron chi connectivity index (χ1n) is 7.64. The summed E-state index contributed by atoms with van der Waals surface area (Å²) >= 11 is 62.7. The Labute approximate surface area is 222 Å². The van der Waals surface area contributed by atoms with Crippen LogP contribution >= 0.6 is 124 Å². The van der Waals surface area contributed by atoms with Gasteiger partial charge in [0.2, 0.25) is 0 Å². The Morgan fingerprint density at radius 2 is 0.700 bits per heavy atom. The van der Waals surface area contributed by atoms with Crippen molar-refractivity contribution >= 4 is 139 Å². The number of hydrogen-bond acceptors (Lipinski definition) is 0. The molecule has 0 aromatic heterocycles. The second-order valence-corrected chi connectivity index (χ2v) is 12.1. The van der Waals surface area contributed by atoms with Crippen LogP contribution in [0.4, 0.5) is 4.20 Å². The summed E-state index contributed by atoms with van der Waals surface area (Å²) in [5.74, 6) is 0. The van der Waals surface area contributed by atoms with Crippen LogP contribution in [0.5, 0.6) is 0 Å². The summed E-state index contributed by atoms with van der Waals surface area (Å²) in [6, 6.07) is 7.96. The lowest BCUT2D eigenvalue weighted by atomic mass is 10.3. The highest BCUT2D eigenvalue weighted by molar-refractivity contribution is 7.92. The first-order valence-corrected chi connectivity index (χ1v) is 13.1. The second kappa shape index (κ2) is 9.65. The fourth-order valence-electron chi connectivity index (χ4n) is 2.73. The van der Waals surface area contributed by atoms with Crippen LogP contribution in [0.15, 0.2) is 30.3 Å². The topological polar surface area (TPSA) is 0 Å². The molecular weight excluding hydrogens is 621 g/mol. The number of benzene rings is 3. The van der Waals surface area contributed by atoms with Crippen molar-refractivity contribution in [1.29, 1.82) is 0 Å². The smallest absolute Gasteiger partial charge is 0.0810 e. The third kappa shape index (κ3) is 4.02. The van der Waals surface area contributed by atoms with Gasteiger partial charge in [-0.2, -0.15) is 0 Å². The van der Waals surface area contributed by atoms with E-state index in [4.69, 9.17) is 116 Å². The quantitative estimate of drug-likeness (QED) is 0.154. The number of halogens is 11. The summed E-state index contributed by atoms with van der Waals surface area (Å²) in [5, 5.41) is -2.25. The predicted molar refractivity (Wildman–Crippen MR) is 136 cm³/mol. The molecule has 0 bridgehead atoms. The van der Waals surface area contributed by atoms with Crippen LogP contribution in [0.2, 0.25) is 50.2 Å². The first-order chi connectivity index (χ1) is 14.0. The monoisotopic (exact) mass is 621 g/mol. The largest absolute Gasteiger partial charge is 0.305 e. The van der Waals surface area contributed by atoms with Crippen LogP contribution in [0.25, 0.3) is 0 Å². The van der Waals surface area contributed by atoms with E-state index >= 15 is 4.20 Å². The van der Waals surface area contributed by atoms with Gasteiger partial charge in [-0.1, -0.05) is 134 Å². The lowest BCUT2D eigenvalue weighted by molar-refractivity contribution is 0.901. The summed E-state index contributed by atoms with van der Waals surface area (Å²) in [4.78, 5) is 0. The maximum absolute atomic E-state index is 17.5. The van der Waals surface area contributed by atoms with E-state index < -0.39 is 7.57 Å². The SMILES string of the molecule is F[P+](c1ccccc1)(c1c(Cl)c(Cl)c(Cl)c(Cl)c1Cl)c1c(Cl)c(Cl)c(Cl)c(Cl)c1Cl. The van der Waals surface area contributed by atoms with E-state index in [-0.39, 0.29) is 66.1 Å². The Bertz CT molecular complexity index is 1040. The van der Waals surface area contributed by atoms with Gasteiger partial charge in [-0.25, -0.2) is 0 Å². The molecule has 3 aromatic rings.